The highest BCUT2D eigenvalue weighted by Gasteiger charge is 2.14. The molecule has 0 atom stereocenters. The van der Waals surface area contributed by atoms with E-state index in [9.17, 15) is 0 Å². The van der Waals surface area contributed by atoms with Crippen LogP contribution in [0.15, 0.2) is 24.3 Å². The molecule has 2 aliphatic heterocycles. The van der Waals surface area contributed by atoms with Gasteiger partial charge in [-0.25, -0.2) is 0 Å². The monoisotopic (exact) mass is 516 g/mol. The quantitative estimate of drug-likeness (QED) is 0.491. The van der Waals surface area contributed by atoms with Crippen molar-refractivity contribution in [3.05, 3.63) is 35.4 Å². The van der Waals surface area contributed by atoms with Crippen LogP contribution in [0.2, 0.25) is 26.2 Å². The summed E-state index contributed by atoms with van der Waals surface area (Å²) in [5.41, 5.74) is 2.94. The molecule has 0 spiro atoms. The average Bonchev–Trinajstić information content (AvgIpc) is 2.76. The van der Waals surface area contributed by atoms with Crippen LogP contribution in [0.25, 0.3) is 0 Å². The van der Waals surface area contributed by atoms with Crippen molar-refractivity contribution >= 4 is 52.0 Å². The predicted octanol–water partition coefficient (Wildman–Crippen LogP) is 3.69. The van der Waals surface area contributed by atoms with Crippen LogP contribution >= 0.6 is 24.8 Å². The molecule has 0 unspecified atom stereocenters. The van der Waals surface area contributed by atoms with Crippen molar-refractivity contribution in [2.24, 2.45) is 0 Å². The summed E-state index contributed by atoms with van der Waals surface area (Å²) in [5.74, 6) is 0. The minimum atomic E-state index is -0.459. The molecule has 0 bridgehead atoms. The minimum Gasteiger partial charge on any atom is -0.379 e. The normalized spacial score (nSPS) is 17.1. The first kappa shape index (κ1) is 29.8. The molecule has 1 aromatic rings. The van der Waals surface area contributed by atoms with Crippen molar-refractivity contribution in [2.75, 3.05) is 65.7 Å². The van der Waals surface area contributed by atoms with Crippen molar-refractivity contribution in [1.29, 1.82) is 0 Å². The van der Waals surface area contributed by atoms with Gasteiger partial charge in [-0.3, -0.25) is 9.80 Å². The van der Waals surface area contributed by atoms with Crippen molar-refractivity contribution in [1.82, 2.24) is 9.80 Å². The second-order valence-electron chi connectivity index (χ2n) is 8.94. The first-order valence-electron chi connectivity index (χ1n) is 11.6. The van der Waals surface area contributed by atoms with E-state index in [-0.39, 0.29) is 24.8 Å². The van der Waals surface area contributed by atoms with Gasteiger partial charge in [0.05, 0.1) is 26.4 Å². The van der Waals surface area contributed by atoms with E-state index in [0.717, 1.165) is 52.6 Å². The van der Waals surface area contributed by atoms with Gasteiger partial charge >= 0.3 is 0 Å². The van der Waals surface area contributed by atoms with Gasteiger partial charge in [0.25, 0.3) is 0 Å². The van der Waals surface area contributed by atoms with Gasteiger partial charge in [-0.15, -0.1) is 24.8 Å². The largest absolute Gasteiger partial charge is 0.379 e. The molecule has 3 rings (SSSR count). The lowest BCUT2D eigenvalue weighted by Gasteiger charge is -2.27. The Balaban J connectivity index is 0.00000256. The van der Waals surface area contributed by atoms with Crippen molar-refractivity contribution in [3.8, 4) is 0 Å². The summed E-state index contributed by atoms with van der Waals surface area (Å²) in [6.45, 7) is 20.0. The van der Waals surface area contributed by atoms with Crippen LogP contribution in [-0.2, 0) is 9.47 Å². The third-order valence-electron chi connectivity index (χ3n) is 6.35. The Morgan fingerprint density at radius 1 is 0.656 bits per heavy atom. The fraction of sp³-hybridized carbons (Fsp3) is 0.667. The summed E-state index contributed by atoms with van der Waals surface area (Å²) >= 11 is 0. The summed E-state index contributed by atoms with van der Waals surface area (Å²) in [5, 5.41) is 3.37. The Kier molecular flexibility index (Phi) is 14.6. The number of ether oxygens (including phenoxy) is 2. The maximum Gasteiger partial charge on any atom is 0.0594 e. The third-order valence-corrected chi connectivity index (χ3v) is 9.84. The lowest BCUT2D eigenvalue weighted by Crippen LogP contribution is -2.38. The first-order chi connectivity index (χ1) is 14.5. The van der Waals surface area contributed by atoms with Crippen molar-refractivity contribution < 1.29 is 9.47 Å². The Hall–Kier alpha value is -0.186. The molecule has 0 radical (unpaired) electrons. The number of rotatable bonds is 8. The van der Waals surface area contributed by atoms with Gasteiger partial charge < -0.3 is 9.47 Å². The average molecular weight is 518 g/mol. The molecule has 1 aromatic carbocycles. The maximum absolute atomic E-state index is 5.50. The summed E-state index contributed by atoms with van der Waals surface area (Å²) in [6.07, 6.45) is 2.40. The smallest absolute Gasteiger partial charge is 0.0594 e. The number of hydrogen-bond donors (Lipinski definition) is 0. The molecule has 2 aliphatic rings. The van der Waals surface area contributed by atoms with Gasteiger partial charge in [-0.05, 0) is 24.0 Å². The second-order valence-corrected chi connectivity index (χ2v) is 14.1. The van der Waals surface area contributed by atoms with Crippen LogP contribution in [0.5, 0.6) is 0 Å². The molecule has 0 aliphatic carbocycles. The predicted molar refractivity (Wildman–Crippen MR) is 148 cm³/mol. The van der Waals surface area contributed by atoms with Gasteiger partial charge in [-0.1, -0.05) is 60.8 Å². The van der Waals surface area contributed by atoms with Crippen LogP contribution in [-0.4, -0.2) is 103 Å². The van der Waals surface area contributed by atoms with Gasteiger partial charge in [0.15, 0.2) is 0 Å². The fourth-order valence-corrected chi connectivity index (χ4v) is 7.14. The molecule has 2 saturated heterocycles. The molecule has 2 heterocycles. The molecule has 0 saturated carbocycles. The summed E-state index contributed by atoms with van der Waals surface area (Å²) in [4.78, 5) is 5.12. The van der Waals surface area contributed by atoms with Crippen LogP contribution < -0.4 is 0 Å². The Morgan fingerprint density at radius 3 is 1.25 bits per heavy atom. The molecule has 32 heavy (non-hydrogen) atoms. The van der Waals surface area contributed by atoms with E-state index in [2.05, 4.69) is 60.3 Å². The fourth-order valence-electron chi connectivity index (χ4n) is 4.43. The SMILES string of the molecule is C[Si](C)=C(CCN1CCOCC1)c1ccc(C(CCN2CCOCC2)=[Si](C)C)cc1.Cl.Cl. The van der Waals surface area contributed by atoms with E-state index in [4.69, 9.17) is 9.47 Å². The highest BCUT2D eigenvalue weighted by Crippen LogP contribution is 2.13. The summed E-state index contributed by atoms with van der Waals surface area (Å²) < 4.78 is 11.0. The Bertz CT molecular complexity index is 674. The minimum absolute atomic E-state index is 0. The molecule has 0 amide bonds. The number of nitrogens with zero attached hydrogens (tertiary/aromatic N) is 2. The molecule has 0 aromatic heterocycles. The second kappa shape index (κ2) is 15.7. The van der Waals surface area contributed by atoms with Crippen LogP contribution in [0.4, 0.5) is 0 Å². The standard InChI is InChI=1S/C24H40N2O2Si2.2ClH/c1-29(2)23(9-11-25-13-17-27-18-14-25)21-5-7-22(8-6-21)24(30(3)4)10-12-26-15-19-28-20-16-26;;/h5-8H,9-20H2,1-4H3;2*1H. The zero-order chi connectivity index (χ0) is 21.3. The van der Waals surface area contributed by atoms with Gasteiger partial charge in [0.1, 0.15) is 0 Å². The van der Waals surface area contributed by atoms with E-state index in [1.54, 1.807) is 10.3 Å². The van der Waals surface area contributed by atoms with E-state index in [1.165, 1.54) is 37.1 Å². The van der Waals surface area contributed by atoms with Gasteiger partial charge in [-0.2, -0.15) is 0 Å². The van der Waals surface area contributed by atoms with E-state index in [0.29, 0.717) is 0 Å². The molecule has 4 nitrogen and oxygen atoms in total. The van der Waals surface area contributed by atoms with Crippen LogP contribution in [0, 0.1) is 0 Å². The lowest BCUT2D eigenvalue weighted by molar-refractivity contribution is 0.0392. The molecular formula is C24H42Cl2N2O2Si2. The Labute approximate surface area is 210 Å². The number of halogens is 2. The third kappa shape index (κ3) is 9.22. The number of morpholine rings is 2. The zero-order valence-corrected chi connectivity index (χ0v) is 24.0. The highest BCUT2D eigenvalue weighted by molar-refractivity contribution is 6.72. The Morgan fingerprint density at radius 2 is 0.969 bits per heavy atom. The van der Waals surface area contributed by atoms with Crippen molar-refractivity contribution in [3.63, 3.8) is 0 Å². The zero-order valence-electron chi connectivity index (χ0n) is 20.3. The van der Waals surface area contributed by atoms with Gasteiger partial charge in [0, 0.05) is 56.1 Å². The van der Waals surface area contributed by atoms with Crippen molar-refractivity contribution in [2.45, 2.75) is 39.0 Å². The maximum atomic E-state index is 5.50. The van der Waals surface area contributed by atoms with Crippen LogP contribution in [0.1, 0.15) is 24.0 Å². The highest BCUT2D eigenvalue weighted by atomic mass is 35.5. The van der Waals surface area contributed by atoms with E-state index >= 15 is 0 Å². The van der Waals surface area contributed by atoms with Gasteiger partial charge in [0.2, 0.25) is 0 Å². The molecule has 182 valence electrons. The molecule has 2 fully saturated rings. The topological polar surface area (TPSA) is 24.9 Å². The molecule has 8 heteroatoms. The van der Waals surface area contributed by atoms with Crippen LogP contribution in [0.3, 0.4) is 0 Å². The first-order valence-corrected chi connectivity index (χ1v) is 16.6. The number of hydrogen-bond acceptors (Lipinski definition) is 4. The molecule has 0 N–H and O–H groups in total. The summed E-state index contributed by atoms with van der Waals surface area (Å²) in [6, 6.07) is 9.62. The van der Waals surface area contributed by atoms with E-state index in [1.807, 2.05) is 0 Å². The number of benzene rings is 1. The summed E-state index contributed by atoms with van der Waals surface area (Å²) in [7, 11) is -0.917. The van der Waals surface area contributed by atoms with E-state index < -0.39 is 16.8 Å². The molecular weight excluding hydrogens is 475 g/mol. The lowest BCUT2D eigenvalue weighted by atomic mass is 10.0.